The minimum Gasteiger partial charge on any atom is -0.480 e. The van der Waals surface area contributed by atoms with E-state index in [1.807, 2.05) is 4.90 Å². The van der Waals surface area contributed by atoms with Crippen molar-refractivity contribution in [2.45, 2.75) is 31.3 Å². The van der Waals surface area contributed by atoms with Gasteiger partial charge in [-0.25, -0.2) is 0 Å². The van der Waals surface area contributed by atoms with Crippen LogP contribution in [-0.2, 0) is 9.59 Å². The standard InChI is InChI=1S/C10H19N3O3/c1-12-9(14)8-4-2-3-5-13(8)6-7(11)10(15)16/h7-8H,2-6,11H2,1H3,(H,12,14)(H,15,16). The molecule has 0 saturated carbocycles. The molecule has 1 fully saturated rings. The summed E-state index contributed by atoms with van der Waals surface area (Å²) >= 11 is 0. The number of nitrogens with zero attached hydrogens (tertiary/aromatic N) is 1. The number of carbonyl (C=O) groups is 2. The van der Waals surface area contributed by atoms with E-state index in [1.165, 1.54) is 0 Å². The highest BCUT2D eigenvalue weighted by Crippen LogP contribution is 2.17. The first kappa shape index (κ1) is 12.9. The number of likely N-dealkylation sites (N-methyl/N-ethyl adjacent to an activating group) is 1. The van der Waals surface area contributed by atoms with E-state index >= 15 is 0 Å². The van der Waals surface area contributed by atoms with Gasteiger partial charge in [0, 0.05) is 13.6 Å². The SMILES string of the molecule is CNC(=O)C1CCCCN1CC(N)C(=O)O. The first-order valence-electron chi connectivity index (χ1n) is 5.50. The number of carbonyl (C=O) groups excluding carboxylic acids is 1. The molecule has 92 valence electrons. The van der Waals surface area contributed by atoms with Gasteiger partial charge in [0.15, 0.2) is 0 Å². The summed E-state index contributed by atoms with van der Waals surface area (Å²) in [7, 11) is 1.59. The van der Waals surface area contributed by atoms with Crippen LogP contribution < -0.4 is 11.1 Å². The molecule has 2 atom stereocenters. The zero-order valence-electron chi connectivity index (χ0n) is 9.48. The lowest BCUT2D eigenvalue weighted by molar-refractivity contribution is -0.140. The van der Waals surface area contributed by atoms with E-state index in [-0.39, 0.29) is 18.5 Å². The van der Waals surface area contributed by atoms with Gasteiger partial charge in [0.1, 0.15) is 6.04 Å². The highest BCUT2D eigenvalue weighted by Gasteiger charge is 2.30. The van der Waals surface area contributed by atoms with Crippen molar-refractivity contribution < 1.29 is 14.7 Å². The zero-order chi connectivity index (χ0) is 12.1. The first-order valence-corrected chi connectivity index (χ1v) is 5.50. The summed E-state index contributed by atoms with van der Waals surface area (Å²) in [6.45, 7) is 0.965. The van der Waals surface area contributed by atoms with E-state index in [0.29, 0.717) is 0 Å². The van der Waals surface area contributed by atoms with Crippen LogP contribution in [-0.4, -0.2) is 54.1 Å². The molecule has 0 bridgehead atoms. The Hall–Kier alpha value is -1.14. The van der Waals surface area contributed by atoms with Crippen molar-refractivity contribution in [1.82, 2.24) is 10.2 Å². The highest BCUT2D eigenvalue weighted by molar-refractivity contribution is 5.81. The van der Waals surface area contributed by atoms with Gasteiger partial charge in [-0.3, -0.25) is 14.5 Å². The number of nitrogens with one attached hydrogen (secondary N) is 1. The normalized spacial score (nSPS) is 23.8. The van der Waals surface area contributed by atoms with E-state index in [0.717, 1.165) is 25.8 Å². The third kappa shape index (κ3) is 3.18. The Balaban J connectivity index is 2.60. The summed E-state index contributed by atoms with van der Waals surface area (Å²) < 4.78 is 0. The number of nitrogens with two attached hydrogens (primary N) is 1. The number of aliphatic carboxylic acids is 1. The maximum absolute atomic E-state index is 11.6. The molecule has 1 saturated heterocycles. The molecule has 0 aromatic heterocycles. The van der Waals surface area contributed by atoms with Crippen LogP contribution in [0.15, 0.2) is 0 Å². The van der Waals surface area contributed by atoms with Gasteiger partial charge in [-0.1, -0.05) is 6.42 Å². The Bertz CT molecular complexity index is 270. The molecule has 1 aliphatic heterocycles. The molecule has 16 heavy (non-hydrogen) atoms. The molecule has 0 radical (unpaired) electrons. The second kappa shape index (κ2) is 5.81. The molecule has 1 heterocycles. The molecular formula is C10H19N3O3. The van der Waals surface area contributed by atoms with Crippen molar-refractivity contribution in [3.63, 3.8) is 0 Å². The van der Waals surface area contributed by atoms with Crippen LogP contribution in [0.5, 0.6) is 0 Å². The molecule has 0 spiro atoms. The minimum absolute atomic E-state index is 0.0581. The lowest BCUT2D eigenvalue weighted by Crippen LogP contribution is -2.53. The third-order valence-corrected chi connectivity index (χ3v) is 2.91. The number of amides is 1. The van der Waals surface area contributed by atoms with Gasteiger partial charge in [0.05, 0.1) is 6.04 Å². The molecule has 0 aromatic carbocycles. The Morgan fingerprint density at radius 1 is 1.56 bits per heavy atom. The summed E-state index contributed by atoms with van der Waals surface area (Å²) in [5, 5.41) is 11.3. The Labute approximate surface area is 94.8 Å². The van der Waals surface area contributed by atoms with Crippen molar-refractivity contribution in [2.24, 2.45) is 5.73 Å². The van der Waals surface area contributed by atoms with Gasteiger partial charge in [-0.2, -0.15) is 0 Å². The average molecular weight is 229 g/mol. The minimum atomic E-state index is -1.03. The fraction of sp³-hybridized carbons (Fsp3) is 0.800. The molecule has 1 amide bonds. The molecule has 6 nitrogen and oxygen atoms in total. The second-order valence-electron chi connectivity index (χ2n) is 4.07. The van der Waals surface area contributed by atoms with Crippen LogP contribution in [0.4, 0.5) is 0 Å². The summed E-state index contributed by atoms with van der Waals surface area (Å²) in [5.74, 6) is -1.08. The number of hydrogen-bond donors (Lipinski definition) is 3. The van der Waals surface area contributed by atoms with Crippen LogP contribution in [0.3, 0.4) is 0 Å². The summed E-state index contributed by atoms with van der Waals surface area (Å²) in [6.07, 6.45) is 2.75. The molecule has 4 N–H and O–H groups in total. The smallest absolute Gasteiger partial charge is 0.321 e. The Morgan fingerprint density at radius 2 is 2.25 bits per heavy atom. The van der Waals surface area contributed by atoms with Gasteiger partial charge in [-0.05, 0) is 19.4 Å². The molecular weight excluding hydrogens is 210 g/mol. The van der Waals surface area contributed by atoms with Crippen LogP contribution >= 0.6 is 0 Å². The quantitative estimate of drug-likeness (QED) is 0.574. The van der Waals surface area contributed by atoms with Crippen LogP contribution in [0.25, 0.3) is 0 Å². The fourth-order valence-electron chi connectivity index (χ4n) is 2.00. The highest BCUT2D eigenvalue weighted by atomic mass is 16.4. The van der Waals surface area contributed by atoms with Gasteiger partial charge in [-0.15, -0.1) is 0 Å². The number of hydrogen-bond acceptors (Lipinski definition) is 4. The van der Waals surface area contributed by atoms with E-state index in [1.54, 1.807) is 7.05 Å². The van der Waals surface area contributed by atoms with Crippen molar-refractivity contribution >= 4 is 11.9 Å². The predicted octanol–water partition coefficient (Wildman–Crippen LogP) is -1.00. The van der Waals surface area contributed by atoms with Crippen molar-refractivity contribution in [2.75, 3.05) is 20.1 Å². The van der Waals surface area contributed by atoms with E-state index in [4.69, 9.17) is 10.8 Å². The van der Waals surface area contributed by atoms with Crippen LogP contribution in [0, 0.1) is 0 Å². The molecule has 0 aromatic rings. The number of carboxylic acid groups (broad SMARTS) is 1. The molecule has 0 aliphatic carbocycles. The Morgan fingerprint density at radius 3 is 2.81 bits per heavy atom. The monoisotopic (exact) mass is 229 g/mol. The van der Waals surface area contributed by atoms with Gasteiger partial charge in [0.25, 0.3) is 0 Å². The van der Waals surface area contributed by atoms with Crippen molar-refractivity contribution in [1.29, 1.82) is 0 Å². The maximum atomic E-state index is 11.6. The number of piperidine rings is 1. The average Bonchev–Trinajstić information content (AvgIpc) is 2.28. The third-order valence-electron chi connectivity index (χ3n) is 2.91. The van der Waals surface area contributed by atoms with Gasteiger partial charge < -0.3 is 16.2 Å². The number of rotatable bonds is 4. The molecule has 1 rings (SSSR count). The predicted molar refractivity (Wildman–Crippen MR) is 58.9 cm³/mol. The van der Waals surface area contributed by atoms with Gasteiger partial charge >= 0.3 is 5.97 Å². The topological polar surface area (TPSA) is 95.7 Å². The zero-order valence-corrected chi connectivity index (χ0v) is 9.48. The van der Waals surface area contributed by atoms with E-state index < -0.39 is 12.0 Å². The van der Waals surface area contributed by atoms with E-state index in [2.05, 4.69) is 5.32 Å². The van der Waals surface area contributed by atoms with Crippen LogP contribution in [0.2, 0.25) is 0 Å². The lowest BCUT2D eigenvalue weighted by atomic mass is 10.0. The summed E-state index contributed by atoms with van der Waals surface area (Å²) in [4.78, 5) is 24.1. The summed E-state index contributed by atoms with van der Waals surface area (Å²) in [6, 6.07) is -1.16. The molecule has 1 aliphatic rings. The largest absolute Gasteiger partial charge is 0.480 e. The maximum Gasteiger partial charge on any atom is 0.321 e. The number of likely N-dealkylation sites (tertiary alicyclic amines) is 1. The lowest BCUT2D eigenvalue weighted by Gasteiger charge is -2.35. The fourth-order valence-corrected chi connectivity index (χ4v) is 2.00. The molecule has 6 heteroatoms. The van der Waals surface area contributed by atoms with Gasteiger partial charge in [0.2, 0.25) is 5.91 Å². The van der Waals surface area contributed by atoms with Crippen LogP contribution in [0.1, 0.15) is 19.3 Å². The van der Waals surface area contributed by atoms with E-state index in [9.17, 15) is 9.59 Å². The molecule has 2 unspecified atom stereocenters. The Kier molecular flexibility index (Phi) is 4.70. The summed E-state index contributed by atoms with van der Waals surface area (Å²) in [5.41, 5.74) is 5.48. The first-order chi connectivity index (χ1) is 7.56. The van der Waals surface area contributed by atoms with Crippen molar-refractivity contribution in [3.8, 4) is 0 Å². The number of carboxylic acids is 1. The van der Waals surface area contributed by atoms with Crippen molar-refractivity contribution in [3.05, 3.63) is 0 Å². The second-order valence-corrected chi connectivity index (χ2v) is 4.07.